The van der Waals surface area contributed by atoms with E-state index >= 15 is 0 Å². The maximum Gasteiger partial charge on any atom is 0.305 e. The van der Waals surface area contributed by atoms with E-state index in [0.29, 0.717) is 57.5 Å². The van der Waals surface area contributed by atoms with Crippen molar-refractivity contribution in [3.63, 3.8) is 0 Å². The lowest BCUT2D eigenvalue weighted by molar-refractivity contribution is -0.143. The van der Waals surface area contributed by atoms with Crippen LogP contribution < -0.4 is 0 Å². The van der Waals surface area contributed by atoms with Crippen molar-refractivity contribution in [1.82, 2.24) is 0 Å². The fourth-order valence-electron chi connectivity index (χ4n) is 4.01. The molecule has 0 aliphatic heterocycles. The summed E-state index contributed by atoms with van der Waals surface area (Å²) in [4.78, 5) is 48.0. The third kappa shape index (κ3) is 10.2. The Morgan fingerprint density at radius 2 is 1.69 bits per heavy atom. The SMILES string of the molecule is CCOC(=O)CCCCC(=O)CC1C(=O)CC(O)C1CCC(=O)CCCC(C)C. The van der Waals surface area contributed by atoms with E-state index in [4.69, 9.17) is 4.74 Å². The van der Waals surface area contributed by atoms with E-state index < -0.39 is 12.0 Å². The molecule has 0 radical (unpaired) electrons. The Morgan fingerprint density at radius 1 is 1.03 bits per heavy atom. The van der Waals surface area contributed by atoms with Gasteiger partial charge < -0.3 is 9.84 Å². The second kappa shape index (κ2) is 13.6. The fraction of sp³-hybridized carbons (Fsp3) is 0.826. The summed E-state index contributed by atoms with van der Waals surface area (Å²) in [5.74, 6) is -0.395. The molecular weight excluding hydrogens is 372 g/mol. The van der Waals surface area contributed by atoms with Gasteiger partial charge >= 0.3 is 5.97 Å². The molecule has 29 heavy (non-hydrogen) atoms. The molecule has 0 heterocycles. The minimum atomic E-state index is -0.757. The molecule has 0 saturated heterocycles. The van der Waals surface area contributed by atoms with Gasteiger partial charge in [-0.2, -0.15) is 0 Å². The molecule has 1 saturated carbocycles. The van der Waals surface area contributed by atoms with Gasteiger partial charge in [-0.3, -0.25) is 19.2 Å². The Morgan fingerprint density at radius 3 is 2.34 bits per heavy atom. The number of aliphatic hydroxyl groups is 1. The molecule has 1 aliphatic rings. The molecule has 1 rings (SSSR count). The normalized spacial score (nSPS) is 21.6. The summed E-state index contributed by atoms with van der Waals surface area (Å²) in [7, 11) is 0. The van der Waals surface area contributed by atoms with Crippen LogP contribution in [-0.4, -0.2) is 41.1 Å². The molecule has 166 valence electrons. The van der Waals surface area contributed by atoms with Gasteiger partial charge in [0, 0.05) is 44.4 Å². The Balaban J connectivity index is 2.39. The number of unbranched alkanes of at least 4 members (excludes halogenated alkanes) is 1. The van der Waals surface area contributed by atoms with E-state index in [1.165, 1.54) is 0 Å². The van der Waals surface area contributed by atoms with Crippen molar-refractivity contribution >= 4 is 23.3 Å². The molecule has 0 aromatic heterocycles. The predicted octanol–water partition coefficient (Wildman–Crippen LogP) is 3.81. The molecule has 3 atom stereocenters. The average Bonchev–Trinajstić information content (AvgIpc) is 2.90. The standard InChI is InChI=1S/C23H38O6/c1-4-29-23(28)11-6-5-9-18(25)14-20-19(21(26)15-22(20)27)13-12-17(24)10-7-8-16(2)3/h16,19-21,26H,4-15H2,1-3H3. The van der Waals surface area contributed by atoms with Gasteiger partial charge in [0.1, 0.15) is 17.3 Å². The van der Waals surface area contributed by atoms with E-state index in [2.05, 4.69) is 13.8 Å². The number of aliphatic hydroxyl groups excluding tert-OH is 1. The second-order valence-electron chi connectivity index (χ2n) is 8.63. The highest BCUT2D eigenvalue weighted by Crippen LogP contribution is 2.35. The molecule has 6 heteroatoms. The van der Waals surface area contributed by atoms with Gasteiger partial charge in [0.15, 0.2) is 0 Å². The Labute approximate surface area is 174 Å². The van der Waals surface area contributed by atoms with Crippen molar-refractivity contribution in [3.8, 4) is 0 Å². The zero-order chi connectivity index (χ0) is 21.8. The zero-order valence-corrected chi connectivity index (χ0v) is 18.3. The monoisotopic (exact) mass is 410 g/mol. The van der Waals surface area contributed by atoms with Crippen LogP contribution in [-0.2, 0) is 23.9 Å². The first kappa shape index (κ1) is 25.5. The fourth-order valence-corrected chi connectivity index (χ4v) is 4.01. The topological polar surface area (TPSA) is 97.7 Å². The number of ketones is 3. The van der Waals surface area contributed by atoms with Crippen LogP contribution in [0.4, 0.5) is 0 Å². The Kier molecular flexibility index (Phi) is 12.0. The third-order valence-electron chi connectivity index (χ3n) is 5.67. The summed E-state index contributed by atoms with van der Waals surface area (Å²) < 4.78 is 4.85. The molecule has 6 nitrogen and oxygen atoms in total. The van der Waals surface area contributed by atoms with Crippen molar-refractivity contribution in [2.45, 2.75) is 97.5 Å². The van der Waals surface area contributed by atoms with Gasteiger partial charge in [-0.1, -0.05) is 20.3 Å². The number of carbonyl (C=O) groups excluding carboxylic acids is 4. The molecular formula is C23H38O6. The number of ether oxygens (including phenoxy) is 1. The molecule has 0 bridgehead atoms. The lowest BCUT2D eigenvalue weighted by Crippen LogP contribution is -2.24. The van der Waals surface area contributed by atoms with Gasteiger partial charge in [-0.15, -0.1) is 0 Å². The Hall–Kier alpha value is -1.56. The largest absolute Gasteiger partial charge is 0.466 e. The maximum atomic E-state index is 12.3. The molecule has 1 N–H and O–H groups in total. The summed E-state index contributed by atoms with van der Waals surface area (Å²) in [6, 6.07) is 0. The molecule has 3 unspecified atom stereocenters. The zero-order valence-electron chi connectivity index (χ0n) is 18.3. The number of hydrogen-bond acceptors (Lipinski definition) is 6. The highest BCUT2D eigenvalue weighted by atomic mass is 16.5. The highest BCUT2D eigenvalue weighted by molar-refractivity contribution is 5.90. The van der Waals surface area contributed by atoms with Crippen molar-refractivity contribution in [2.24, 2.45) is 17.8 Å². The maximum absolute atomic E-state index is 12.3. The quantitative estimate of drug-likeness (QED) is 0.326. The Bertz CT molecular complexity index is 554. The molecule has 0 aromatic carbocycles. The van der Waals surface area contributed by atoms with E-state index in [1.54, 1.807) is 6.92 Å². The van der Waals surface area contributed by atoms with Crippen LogP contribution in [0.3, 0.4) is 0 Å². The van der Waals surface area contributed by atoms with Crippen LogP contribution >= 0.6 is 0 Å². The van der Waals surface area contributed by atoms with E-state index in [0.717, 1.165) is 12.8 Å². The summed E-state index contributed by atoms with van der Waals surface area (Å²) >= 11 is 0. The molecule has 0 amide bonds. The van der Waals surface area contributed by atoms with Gasteiger partial charge in [0.25, 0.3) is 0 Å². The predicted molar refractivity (Wildman–Crippen MR) is 110 cm³/mol. The van der Waals surface area contributed by atoms with Crippen LogP contribution in [0.25, 0.3) is 0 Å². The average molecular weight is 411 g/mol. The number of hydrogen-bond donors (Lipinski definition) is 1. The van der Waals surface area contributed by atoms with Crippen molar-refractivity contribution < 1.29 is 29.0 Å². The van der Waals surface area contributed by atoms with Gasteiger partial charge in [-0.25, -0.2) is 0 Å². The number of carbonyl (C=O) groups is 4. The summed E-state index contributed by atoms with van der Waals surface area (Å²) in [5, 5.41) is 10.2. The lowest BCUT2D eigenvalue weighted by atomic mass is 9.84. The number of rotatable bonds is 15. The summed E-state index contributed by atoms with van der Waals surface area (Å²) in [6.07, 6.45) is 4.48. The van der Waals surface area contributed by atoms with Gasteiger partial charge in [-0.05, 0) is 44.4 Å². The van der Waals surface area contributed by atoms with E-state index in [-0.39, 0.29) is 42.1 Å². The first-order valence-electron chi connectivity index (χ1n) is 11.1. The molecule has 1 fully saturated rings. The minimum Gasteiger partial charge on any atom is -0.466 e. The van der Waals surface area contributed by atoms with Crippen molar-refractivity contribution in [1.29, 1.82) is 0 Å². The van der Waals surface area contributed by atoms with Crippen LogP contribution in [0.1, 0.15) is 91.4 Å². The minimum absolute atomic E-state index is 0.0189. The lowest BCUT2D eigenvalue weighted by Gasteiger charge is -2.20. The molecule has 1 aliphatic carbocycles. The molecule has 0 spiro atoms. The third-order valence-corrected chi connectivity index (χ3v) is 5.67. The first-order chi connectivity index (χ1) is 13.7. The van der Waals surface area contributed by atoms with Crippen molar-refractivity contribution in [2.75, 3.05) is 6.61 Å². The number of esters is 1. The summed E-state index contributed by atoms with van der Waals surface area (Å²) in [5.41, 5.74) is 0. The second-order valence-corrected chi connectivity index (χ2v) is 8.63. The molecule has 0 aromatic rings. The van der Waals surface area contributed by atoms with Gasteiger partial charge in [0.2, 0.25) is 0 Å². The van der Waals surface area contributed by atoms with Crippen LogP contribution in [0, 0.1) is 17.8 Å². The summed E-state index contributed by atoms with van der Waals surface area (Å²) in [6.45, 7) is 6.36. The highest BCUT2D eigenvalue weighted by Gasteiger charge is 2.41. The number of Topliss-reactive ketones (excluding diaryl/α,β-unsaturated/α-hetero) is 3. The van der Waals surface area contributed by atoms with Crippen molar-refractivity contribution in [3.05, 3.63) is 0 Å². The van der Waals surface area contributed by atoms with Crippen LogP contribution in [0.5, 0.6) is 0 Å². The first-order valence-corrected chi connectivity index (χ1v) is 11.1. The smallest absolute Gasteiger partial charge is 0.305 e. The van der Waals surface area contributed by atoms with Crippen LogP contribution in [0.2, 0.25) is 0 Å². The van der Waals surface area contributed by atoms with E-state index in [9.17, 15) is 24.3 Å². The van der Waals surface area contributed by atoms with Gasteiger partial charge in [0.05, 0.1) is 12.7 Å². The van der Waals surface area contributed by atoms with E-state index in [1.807, 2.05) is 0 Å². The van der Waals surface area contributed by atoms with Crippen LogP contribution in [0.15, 0.2) is 0 Å².